The molecule has 0 aliphatic heterocycles. The summed E-state index contributed by atoms with van der Waals surface area (Å²) in [5.41, 5.74) is 6.08. The van der Waals surface area contributed by atoms with Gasteiger partial charge >= 0.3 is 0 Å². The summed E-state index contributed by atoms with van der Waals surface area (Å²) in [5, 5.41) is 2.94. The Bertz CT molecular complexity index is 917. The highest BCUT2D eigenvalue weighted by Gasteiger charge is 2.07. The summed E-state index contributed by atoms with van der Waals surface area (Å²) in [6, 6.07) is 13.9. The maximum atomic E-state index is 12.2. The van der Waals surface area contributed by atoms with E-state index in [1.165, 1.54) is 18.9 Å². The number of hydrogen-bond donors (Lipinski definition) is 3. The van der Waals surface area contributed by atoms with Crippen molar-refractivity contribution in [1.29, 1.82) is 0 Å². The van der Waals surface area contributed by atoms with Crippen molar-refractivity contribution in [3.05, 3.63) is 70.8 Å². The van der Waals surface area contributed by atoms with Gasteiger partial charge in [-0.25, -0.2) is 0 Å². The van der Waals surface area contributed by atoms with E-state index in [1.54, 1.807) is 48.5 Å². The molecule has 164 valence electrons. The molecule has 2 aromatic rings. The molecule has 0 radical (unpaired) electrons. The Morgan fingerprint density at radius 1 is 1.03 bits per heavy atom. The van der Waals surface area contributed by atoms with Crippen molar-refractivity contribution in [2.75, 3.05) is 6.61 Å². The molecule has 0 atom stereocenters. The molecule has 0 heterocycles. The molecule has 3 N–H and O–H groups in total. The van der Waals surface area contributed by atoms with E-state index in [9.17, 15) is 9.59 Å². The number of halogens is 1. The second-order valence-corrected chi connectivity index (χ2v) is 7.50. The molecule has 0 unspecified atom stereocenters. The van der Waals surface area contributed by atoms with Gasteiger partial charge in [0.25, 0.3) is 5.91 Å². The highest BCUT2D eigenvalue weighted by Crippen LogP contribution is 2.16. The van der Waals surface area contributed by atoms with Crippen LogP contribution < -0.4 is 20.9 Å². The molecule has 0 aliphatic rings. The first-order valence-electron chi connectivity index (χ1n) is 10.1. The summed E-state index contributed by atoms with van der Waals surface area (Å²) in [4.78, 5) is 24.2. The SMILES string of the molecule is CCCCCCOc1ccc(C(=O)NNC(=S)NC(=O)/C=C/c2ccccc2Cl)cc1. The number of unbranched alkanes of at least 4 members (excludes halogenated alkanes) is 3. The van der Waals surface area contributed by atoms with Crippen LogP contribution in [0.15, 0.2) is 54.6 Å². The molecule has 2 aromatic carbocycles. The van der Waals surface area contributed by atoms with E-state index in [4.69, 9.17) is 28.6 Å². The highest BCUT2D eigenvalue weighted by molar-refractivity contribution is 7.80. The van der Waals surface area contributed by atoms with E-state index in [2.05, 4.69) is 23.1 Å². The zero-order valence-corrected chi connectivity index (χ0v) is 18.9. The van der Waals surface area contributed by atoms with Crippen LogP contribution in [-0.4, -0.2) is 23.5 Å². The molecule has 0 spiro atoms. The molecule has 0 aromatic heterocycles. The minimum atomic E-state index is -0.452. The largest absolute Gasteiger partial charge is 0.494 e. The summed E-state index contributed by atoms with van der Waals surface area (Å²) >= 11 is 11.0. The Labute approximate surface area is 193 Å². The molecule has 0 saturated heterocycles. The van der Waals surface area contributed by atoms with E-state index in [1.807, 2.05) is 6.07 Å². The highest BCUT2D eigenvalue weighted by atomic mass is 35.5. The number of rotatable bonds is 9. The number of ether oxygens (including phenoxy) is 1. The van der Waals surface area contributed by atoms with Gasteiger partial charge in [0.05, 0.1) is 6.61 Å². The van der Waals surface area contributed by atoms with Crippen molar-refractivity contribution >= 4 is 46.8 Å². The molecule has 0 fully saturated rings. The van der Waals surface area contributed by atoms with Gasteiger partial charge in [-0.15, -0.1) is 0 Å². The normalized spacial score (nSPS) is 10.5. The Balaban J connectivity index is 1.73. The second kappa shape index (κ2) is 13.4. The van der Waals surface area contributed by atoms with Crippen LogP contribution in [0.25, 0.3) is 6.08 Å². The number of benzene rings is 2. The zero-order valence-electron chi connectivity index (χ0n) is 17.3. The first kappa shape index (κ1) is 24.4. The first-order chi connectivity index (χ1) is 15.0. The van der Waals surface area contributed by atoms with Crippen LogP contribution in [0.2, 0.25) is 5.02 Å². The van der Waals surface area contributed by atoms with Gasteiger partial charge in [-0.2, -0.15) is 0 Å². The molecule has 6 nitrogen and oxygen atoms in total. The topological polar surface area (TPSA) is 79.5 Å². The van der Waals surface area contributed by atoms with E-state index >= 15 is 0 Å². The van der Waals surface area contributed by atoms with Crippen LogP contribution in [0.1, 0.15) is 48.5 Å². The van der Waals surface area contributed by atoms with Gasteiger partial charge in [-0.1, -0.05) is 56.0 Å². The number of thiocarbonyl (C=S) groups is 1. The Kier molecular flexibility index (Phi) is 10.5. The standard InChI is InChI=1S/C23H26ClN3O3S/c1-2-3-4-7-16-30-19-13-10-18(11-14-19)22(29)26-27-23(31)25-21(28)15-12-17-8-5-6-9-20(17)24/h5-6,8-15H,2-4,7,16H2,1H3,(H,26,29)(H2,25,27,28,31)/b15-12+. The number of nitrogens with one attached hydrogen (secondary N) is 3. The fraction of sp³-hybridized carbons (Fsp3) is 0.261. The summed E-state index contributed by atoms with van der Waals surface area (Å²) in [6.07, 6.45) is 7.43. The molecule has 31 heavy (non-hydrogen) atoms. The van der Waals surface area contributed by atoms with Gasteiger partial charge in [0, 0.05) is 16.7 Å². The van der Waals surface area contributed by atoms with Crippen LogP contribution in [0.4, 0.5) is 0 Å². The van der Waals surface area contributed by atoms with Crippen molar-refractivity contribution < 1.29 is 14.3 Å². The molecule has 2 amide bonds. The van der Waals surface area contributed by atoms with Gasteiger partial charge in [-0.05, 0) is 60.6 Å². The summed E-state index contributed by atoms with van der Waals surface area (Å²) in [5.74, 6) is -0.126. The van der Waals surface area contributed by atoms with Gasteiger partial charge in [0.1, 0.15) is 5.75 Å². The number of hydrazine groups is 1. The number of hydrogen-bond acceptors (Lipinski definition) is 4. The van der Waals surface area contributed by atoms with Crippen LogP contribution in [-0.2, 0) is 4.79 Å². The Hall–Kier alpha value is -2.90. The maximum Gasteiger partial charge on any atom is 0.269 e. The van der Waals surface area contributed by atoms with Crippen molar-refractivity contribution in [2.24, 2.45) is 0 Å². The minimum Gasteiger partial charge on any atom is -0.494 e. The smallest absolute Gasteiger partial charge is 0.269 e. The minimum absolute atomic E-state index is 0.0332. The second-order valence-electron chi connectivity index (χ2n) is 6.69. The lowest BCUT2D eigenvalue weighted by atomic mass is 10.2. The van der Waals surface area contributed by atoms with E-state index in [-0.39, 0.29) is 5.11 Å². The predicted octanol–water partition coefficient (Wildman–Crippen LogP) is 4.65. The van der Waals surface area contributed by atoms with Gasteiger partial charge in [-0.3, -0.25) is 25.8 Å². The predicted molar refractivity (Wildman–Crippen MR) is 128 cm³/mol. The third-order valence-electron chi connectivity index (χ3n) is 4.23. The van der Waals surface area contributed by atoms with E-state index < -0.39 is 11.8 Å². The van der Waals surface area contributed by atoms with Gasteiger partial charge in [0.15, 0.2) is 5.11 Å². The number of carbonyl (C=O) groups is 2. The van der Waals surface area contributed by atoms with Crippen molar-refractivity contribution in [3.63, 3.8) is 0 Å². The molecule has 0 aliphatic carbocycles. The lowest BCUT2D eigenvalue weighted by Crippen LogP contribution is -2.48. The Morgan fingerprint density at radius 3 is 2.48 bits per heavy atom. The number of carbonyl (C=O) groups excluding carboxylic acids is 2. The average molecular weight is 460 g/mol. The van der Waals surface area contributed by atoms with E-state index in [0.29, 0.717) is 28.5 Å². The zero-order chi connectivity index (χ0) is 22.5. The molecule has 8 heteroatoms. The van der Waals surface area contributed by atoms with Crippen LogP contribution in [0.5, 0.6) is 5.75 Å². The van der Waals surface area contributed by atoms with Crippen LogP contribution >= 0.6 is 23.8 Å². The van der Waals surface area contributed by atoms with E-state index in [0.717, 1.165) is 12.8 Å². The van der Waals surface area contributed by atoms with Crippen molar-refractivity contribution in [2.45, 2.75) is 32.6 Å². The fourth-order valence-electron chi connectivity index (χ4n) is 2.57. The third kappa shape index (κ3) is 9.19. The van der Waals surface area contributed by atoms with Crippen LogP contribution in [0.3, 0.4) is 0 Å². The summed E-state index contributed by atoms with van der Waals surface area (Å²) in [7, 11) is 0. The first-order valence-corrected chi connectivity index (χ1v) is 10.8. The quantitative estimate of drug-likeness (QED) is 0.220. The van der Waals surface area contributed by atoms with Crippen LogP contribution in [0, 0.1) is 0 Å². The molecular formula is C23H26ClN3O3S. The van der Waals surface area contributed by atoms with Crippen molar-refractivity contribution in [3.8, 4) is 5.75 Å². The summed E-state index contributed by atoms with van der Waals surface area (Å²) in [6.45, 7) is 2.82. The molecular weight excluding hydrogens is 434 g/mol. The molecule has 2 rings (SSSR count). The van der Waals surface area contributed by atoms with Crippen molar-refractivity contribution in [1.82, 2.24) is 16.2 Å². The molecule has 0 saturated carbocycles. The maximum absolute atomic E-state index is 12.2. The lowest BCUT2D eigenvalue weighted by Gasteiger charge is -2.10. The Morgan fingerprint density at radius 2 is 1.77 bits per heavy atom. The summed E-state index contributed by atoms with van der Waals surface area (Å²) < 4.78 is 5.66. The average Bonchev–Trinajstić information content (AvgIpc) is 2.77. The lowest BCUT2D eigenvalue weighted by molar-refractivity contribution is -0.115. The fourth-order valence-corrected chi connectivity index (χ4v) is 2.92. The monoisotopic (exact) mass is 459 g/mol. The molecule has 0 bridgehead atoms. The van der Waals surface area contributed by atoms with Gasteiger partial charge in [0.2, 0.25) is 5.91 Å². The number of amides is 2. The third-order valence-corrected chi connectivity index (χ3v) is 4.78. The van der Waals surface area contributed by atoms with Gasteiger partial charge < -0.3 is 4.74 Å².